The molecule has 2 aromatic heterocycles. The zero-order chi connectivity index (χ0) is 11.7. The monoisotopic (exact) mass is 272 g/mol. The summed E-state index contributed by atoms with van der Waals surface area (Å²) in [6.07, 6.45) is 0. The standard InChI is InChI=1S/C10H6Cl2N2OS/c1-5(15)7-4-16-10(13-7)6-2-8(11)14-9(12)3-6/h2-4H,1H3. The Morgan fingerprint density at radius 3 is 2.38 bits per heavy atom. The number of halogens is 2. The van der Waals surface area contributed by atoms with E-state index in [-0.39, 0.29) is 5.78 Å². The fourth-order valence-electron chi connectivity index (χ4n) is 1.16. The molecule has 0 aromatic carbocycles. The number of hydrogen-bond acceptors (Lipinski definition) is 4. The molecule has 0 bridgehead atoms. The highest BCUT2D eigenvalue weighted by Gasteiger charge is 2.09. The Morgan fingerprint density at radius 2 is 1.88 bits per heavy atom. The van der Waals surface area contributed by atoms with E-state index in [9.17, 15) is 4.79 Å². The van der Waals surface area contributed by atoms with Crippen molar-refractivity contribution in [1.29, 1.82) is 0 Å². The molecule has 6 heteroatoms. The highest BCUT2D eigenvalue weighted by Crippen LogP contribution is 2.27. The third kappa shape index (κ3) is 2.40. The van der Waals surface area contributed by atoms with Crippen LogP contribution in [0.3, 0.4) is 0 Å². The molecule has 0 atom stereocenters. The van der Waals surface area contributed by atoms with Gasteiger partial charge in [0.25, 0.3) is 0 Å². The first kappa shape index (κ1) is 11.5. The van der Waals surface area contributed by atoms with E-state index >= 15 is 0 Å². The van der Waals surface area contributed by atoms with Gasteiger partial charge in [-0.25, -0.2) is 9.97 Å². The summed E-state index contributed by atoms with van der Waals surface area (Å²) < 4.78 is 0. The van der Waals surface area contributed by atoms with Crippen LogP contribution in [0, 0.1) is 0 Å². The molecule has 82 valence electrons. The average Bonchev–Trinajstić information content (AvgIpc) is 2.64. The number of nitrogens with zero attached hydrogens (tertiary/aromatic N) is 2. The zero-order valence-corrected chi connectivity index (χ0v) is 10.5. The van der Waals surface area contributed by atoms with Crippen molar-refractivity contribution < 1.29 is 4.79 Å². The first-order valence-electron chi connectivity index (χ1n) is 4.36. The van der Waals surface area contributed by atoms with Gasteiger partial charge in [-0.05, 0) is 12.1 Å². The Morgan fingerprint density at radius 1 is 1.25 bits per heavy atom. The lowest BCUT2D eigenvalue weighted by atomic mass is 10.3. The van der Waals surface area contributed by atoms with Crippen molar-refractivity contribution in [3.63, 3.8) is 0 Å². The smallest absolute Gasteiger partial charge is 0.178 e. The van der Waals surface area contributed by atoms with Crippen LogP contribution in [0.25, 0.3) is 10.6 Å². The van der Waals surface area contributed by atoms with Gasteiger partial charge in [-0.2, -0.15) is 0 Å². The van der Waals surface area contributed by atoms with Crippen LogP contribution in [0.5, 0.6) is 0 Å². The number of aromatic nitrogens is 2. The first-order chi connectivity index (χ1) is 7.56. The van der Waals surface area contributed by atoms with Crippen LogP contribution >= 0.6 is 34.5 Å². The molecule has 0 aliphatic heterocycles. The molecule has 2 rings (SSSR count). The normalized spacial score (nSPS) is 10.4. The van der Waals surface area contributed by atoms with Gasteiger partial charge in [-0.3, -0.25) is 4.79 Å². The summed E-state index contributed by atoms with van der Waals surface area (Å²) in [6.45, 7) is 1.48. The Bertz CT molecular complexity index is 533. The van der Waals surface area contributed by atoms with Crippen LogP contribution in [0.2, 0.25) is 10.3 Å². The second-order valence-corrected chi connectivity index (χ2v) is 4.73. The SMILES string of the molecule is CC(=O)c1csc(-c2cc(Cl)nc(Cl)c2)n1. The van der Waals surface area contributed by atoms with Crippen molar-refractivity contribution in [1.82, 2.24) is 9.97 Å². The van der Waals surface area contributed by atoms with Crippen LogP contribution < -0.4 is 0 Å². The summed E-state index contributed by atoms with van der Waals surface area (Å²) >= 11 is 12.9. The van der Waals surface area contributed by atoms with E-state index in [1.165, 1.54) is 18.3 Å². The Hall–Kier alpha value is -0.970. The Balaban J connectivity index is 2.46. The van der Waals surface area contributed by atoms with E-state index in [0.717, 1.165) is 5.56 Å². The third-order valence-electron chi connectivity index (χ3n) is 1.87. The van der Waals surface area contributed by atoms with Crippen molar-refractivity contribution in [3.8, 4) is 10.6 Å². The summed E-state index contributed by atoms with van der Waals surface area (Å²) in [5, 5.41) is 3.03. The number of carbonyl (C=O) groups excluding carboxylic acids is 1. The lowest BCUT2D eigenvalue weighted by Gasteiger charge is -1.97. The Labute approximate surface area is 106 Å². The number of carbonyl (C=O) groups is 1. The minimum atomic E-state index is -0.0613. The molecule has 0 aliphatic carbocycles. The maximum Gasteiger partial charge on any atom is 0.178 e. The predicted octanol–water partition coefficient (Wildman–Crippen LogP) is 3.71. The fraction of sp³-hybridized carbons (Fsp3) is 0.100. The molecular weight excluding hydrogens is 267 g/mol. The number of hydrogen-bond donors (Lipinski definition) is 0. The third-order valence-corrected chi connectivity index (χ3v) is 3.15. The summed E-state index contributed by atoms with van der Waals surface area (Å²) in [5.74, 6) is -0.0613. The van der Waals surface area contributed by atoms with Crippen LogP contribution in [0.15, 0.2) is 17.5 Å². The number of ketones is 1. The van der Waals surface area contributed by atoms with Crippen molar-refractivity contribution in [2.24, 2.45) is 0 Å². The topological polar surface area (TPSA) is 42.9 Å². The lowest BCUT2D eigenvalue weighted by Crippen LogP contribution is -1.91. The van der Waals surface area contributed by atoms with Crippen LogP contribution in [-0.2, 0) is 0 Å². The number of thiazole rings is 1. The molecule has 0 amide bonds. The Kier molecular flexibility index (Phi) is 3.23. The lowest BCUT2D eigenvalue weighted by molar-refractivity contribution is 0.101. The summed E-state index contributed by atoms with van der Waals surface area (Å²) in [6, 6.07) is 3.33. The highest BCUT2D eigenvalue weighted by molar-refractivity contribution is 7.13. The number of Topliss-reactive ketones (excluding diaryl/α,β-unsaturated/α-hetero) is 1. The molecule has 0 N–H and O–H groups in total. The summed E-state index contributed by atoms with van der Waals surface area (Å²) in [4.78, 5) is 19.1. The van der Waals surface area contributed by atoms with Gasteiger partial charge in [0.05, 0.1) is 0 Å². The van der Waals surface area contributed by atoms with E-state index < -0.39 is 0 Å². The average molecular weight is 273 g/mol. The largest absolute Gasteiger partial charge is 0.293 e. The molecule has 0 saturated heterocycles. The maximum absolute atomic E-state index is 11.1. The van der Waals surface area contributed by atoms with Crippen LogP contribution in [-0.4, -0.2) is 15.8 Å². The van der Waals surface area contributed by atoms with E-state index in [0.29, 0.717) is 21.0 Å². The zero-order valence-electron chi connectivity index (χ0n) is 8.20. The molecular formula is C10H6Cl2N2OS. The fourth-order valence-corrected chi connectivity index (χ4v) is 2.46. The highest BCUT2D eigenvalue weighted by atomic mass is 35.5. The second-order valence-electron chi connectivity index (χ2n) is 3.10. The van der Waals surface area contributed by atoms with E-state index in [2.05, 4.69) is 9.97 Å². The van der Waals surface area contributed by atoms with Crippen LogP contribution in [0.1, 0.15) is 17.4 Å². The van der Waals surface area contributed by atoms with Gasteiger partial charge in [0.15, 0.2) is 5.78 Å². The van der Waals surface area contributed by atoms with E-state index in [1.807, 2.05) is 0 Å². The van der Waals surface area contributed by atoms with Gasteiger partial charge < -0.3 is 0 Å². The molecule has 0 fully saturated rings. The van der Waals surface area contributed by atoms with Crippen molar-refractivity contribution in [3.05, 3.63) is 33.5 Å². The quantitative estimate of drug-likeness (QED) is 0.618. The molecule has 2 aromatic rings. The molecule has 0 unspecified atom stereocenters. The van der Waals surface area contributed by atoms with E-state index in [4.69, 9.17) is 23.2 Å². The van der Waals surface area contributed by atoms with Gasteiger partial charge in [-0.1, -0.05) is 23.2 Å². The van der Waals surface area contributed by atoms with Crippen molar-refractivity contribution >= 4 is 40.3 Å². The molecule has 16 heavy (non-hydrogen) atoms. The second kappa shape index (κ2) is 4.49. The number of pyridine rings is 1. The molecule has 3 nitrogen and oxygen atoms in total. The minimum absolute atomic E-state index is 0.0613. The van der Waals surface area contributed by atoms with Gasteiger partial charge in [0.2, 0.25) is 0 Å². The van der Waals surface area contributed by atoms with Gasteiger partial charge in [-0.15, -0.1) is 11.3 Å². The van der Waals surface area contributed by atoms with Crippen LogP contribution in [0.4, 0.5) is 0 Å². The van der Waals surface area contributed by atoms with Crippen molar-refractivity contribution in [2.75, 3.05) is 0 Å². The van der Waals surface area contributed by atoms with Gasteiger partial charge >= 0.3 is 0 Å². The summed E-state index contributed by atoms with van der Waals surface area (Å²) in [5.41, 5.74) is 1.21. The molecule has 2 heterocycles. The number of rotatable bonds is 2. The van der Waals surface area contributed by atoms with Gasteiger partial charge in [0.1, 0.15) is 21.0 Å². The maximum atomic E-state index is 11.1. The molecule has 0 aliphatic rings. The molecule has 0 radical (unpaired) electrons. The minimum Gasteiger partial charge on any atom is -0.293 e. The van der Waals surface area contributed by atoms with Gasteiger partial charge in [0, 0.05) is 17.9 Å². The first-order valence-corrected chi connectivity index (χ1v) is 6.00. The summed E-state index contributed by atoms with van der Waals surface area (Å²) in [7, 11) is 0. The predicted molar refractivity (Wildman–Crippen MR) is 65.4 cm³/mol. The van der Waals surface area contributed by atoms with Crippen molar-refractivity contribution in [2.45, 2.75) is 6.92 Å². The molecule has 0 saturated carbocycles. The molecule has 0 spiro atoms. The van der Waals surface area contributed by atoms with E-state index in [1.54, 1.807) is 17.5 Å².